The molecule has 0 bridgehead atoms. The lowest BCUT2D eigenvalue weighted by Gasteiger charge is -2.18. The van der Waals surface area contributed by atoms with Crippen LogP contribution in [0.4, 0.5) is 10.5 Å². The summed E-state index contributed by atoms with van der Waals surface area (Å²) in [6.07, 6.45) is 3.88. The molecule has 3 amide bonds. The number of carbonyl (C=O) groups excluding carboxylic acids is 2. The first kappa shape index (κ1) is 22.5. The molecule has 2 aromatic carbocycles. The van der Waals surface area contributed by atoms with E-state index in [-0.39, 0.29) is 11.9 Å². The lowest BCUT2D eigenvalue weighted by atomic mass is 10.1. The van der Waals surface area contributed by atoms with Gasteiger partial charge in [0.05, 0.1) is 29.0 Å². The number of aromatic nitrogens is 2. The molecule has 9 heteroatoms. The average Bonchev–Trinajstić information content (AvgIpc) is 3.41. The minimum Gasteiger partial charge on any atom is -0.397 e. The summed E-state index contributed by atoms with van der Waals surface area (Å²) in [5.74, 6) is 0.573. The fourth-order valence-electron chi connectivity index (χ4n) is 4.14. The number of para-hydroxylation sites is 2. The van der Waals surface area contributed by atoms with Gasteiger partial charge in [-0.05, 0) is 37.1 Å². The standard InChI is InChI=1S/C26H29N7O2/c1-17(28-12-14-32-15-13-29-26(32)35)24-30-16-23(33(24)22-5-3-2-4-21(22)27)18-6-8-19(9-7-18)25(34)31-20-10-11-20/h2-9,16,20,28H,1,10-15,27H2,(H,29,35)(H,31,34). The van der Waals surface area contributed by atoms with Gasteiger partial charge >= 0.3 is 6.03 Å². The van der Waals surface area contributed by atoms with Gasteiger partial charge in [-0.3, -0.25) is 9.36 Å². The predicted molar refractivity (Wildman–Crippen MR) is 136 cm³/mol. The molecular formula is C26H29N7O2. The summed E-state index contributed by atoms with van der Waals surface area (Å²) in [4.78, 5) is 30.6. The Kier molecular flexibility index (Phi) is 6.13. The summed E-state index contributed by atoms with van der Waals surface area (Å²) in [6.45, 7) is 6.67. The van der Waals surface area contributed by atoms with E-state index in [1.807, 2.05) is 53.1 Å². The van der Waals surface area contributed by atoms with Crippen molar-refractivity contribution in [2.45, 2.75) is 18.9 Å². The fraction of sp³-hybridized carbons (Fsp3) is 0.269. The number of rotatable bonds is 9. The highest BCUT2D eigenvalue weighted by Gasteiger charge is 2.24. The molecule has 1 aromatic heterocycles. The van der Waals surface area contributed by atoms with Gasteiger partial charge in [-0.2, -0.15) is 0 Å². The third-order valence-corrected chi connectivity index (χ3v) is 6.23. The summed E-state index contributed by atoms with van der Waals surface area (Å²) in [5, 5.41) is 9.11. The van der Waals surface area contributed by atoms with Crippen LogP contribution in [-0.4, -0.2) is 58.6 Å². The molecule has 9 nitrogen and oxygen atoms in total. The Bertz CT molecular complexity index is 1260. The molecule has 0 unspecified atom stereocenters. The Morgan fingerprint density at radius 1 is 1.17 bits per heavy atom. The number of amides is 3. The topological polar surface area (TPSA) is 117 Å². The van der Waals surface area contributed by atoms with Crippen LogP contribution in [0.5, 0.6) is 0 Å². The lowest BCUT2D eigenvalue weighted by Crippen LogP contribution is -2.34. The zero-order valence-electron chi connectivity index (χ0n) is 19.5. The Hall–Kier alpha value is -4.27. The normalized spacial score (nSPS) is 15.1. The first-order valence-electron chi connectivity index (χ1n) is 11.8. The van der Waals surface area contributed by atoms with E-state index < -0.39 is 0 Å². The van der Waals surface area contributed by atoms with Crippen LogP contribution in [0.1, 0.15) is 29.0 Å². The molecule has 5 N–H and O–H groups in total. The van der Waals surface area contributed by atoms with Crippen molar-refractivity contribution in [3.05, 3.63) is 72.7 Å². The van der Waals surface area contributed by atoms with Crippen LogP contribution in [0, 0.1) is 0 Å². The van der Waals surface area contributed by atoms with Crippen molar-refractivity contribution in [1.29, 1.82) is 0 Å². The highest BCUT2D eigenvalue weighted by atomic mass is 16.2. The smallest absolute Gasteiger partial charge is 0.317 e. The zero-order chi connectivity index (χ0) is 24.4. The van der Waals surface area contributed by atoms with E-state index in [0.717, 1.165) is 29.8 Å². The van der Waals surface area contributed by atoms with Gasteiger partial charge in [0.2, 0.25) is 0 Å². The second-order valence-corrected chi connectivity index (χ2v) is 8.81. The number of urea groups is 1. The molecule has 180 valence electrons. The molecular weight excluding hydrogens is 442 g/mol. The maximum atomic E-state index is 12.4. The van der Waals surface area contributed by atoms with Gasteiger partial charge in [0.15, 0.2) is 5.82 Å². The SMILES string of the molecule is C=C(NCCN1CCNC1=O)c1ncc(-c2ccc(C(=O)NC3CC3)cc2)n1-c1ccccc1N. The van der Waals surface area contributed by atoms with E-state index in [0.29, 0.717) is 55.0 Å². The van der Waals surface area contributed by atoms with Crippen LogP contribution >= 0.6 is 0 Å². The van der Waals surface area contributed by atoms with E-state index in [1.165, 1.54) is 0 Å². The minimum absolute atomic E-state index is 0.0486. The molecule has 0 spiro atoms. The first-order valence-corrected chi connectivity index (χ1v) is 11.8. The average molecular weight is 472 g/mol. The Morgan fingerprint density at radius 3 is 2.63 bits per heavy atom. The van der Waals surface area contributed by atoms with Crippen molar-refractivity contribution in [3.63, 3.8) is 0 Å². The second kappa shape index (κ2) is 9.54. The molecule has 1 aliphatic heterocycles. The molecule has 1 aliphatic carbocycles. The van der Waals surface area contributed by atoms with Crippen LogP contribution in [-0.2, 0) is 0 Å². The number of nitrogen functional groups attached to an aromatic ring is 1. The van der Waals surface area contributed by atoms with E-state index in [9.17, 15) is 9.59 Å². The van der Waals surface area contributed by atoms with Crippen LogP contribution in [0.3, 0.4) is 0 Å². The number of hydrogen-bond acceptors (Lipinski definition) is 5. The second-order valence-electron chi connectivity index (χ2n) is 8.81. The van der Waals surface area contributed by atoms with Crippen LogP contribution < -0.4 is 21.7 Å². The van der Waals surface area contributed by atoms with Gasteiger partial charge in [-0.15, -0.1) is 0 Å². The van der Waals surface area contributed by atoms with Crippen molar-refractivity contribution >= 4 is 23.3 Å². The summed E-state index contributed by atoms with van der Waals surface area (Å²) in [6, 6.07) is 15.3. The van der Waals surface area contributed by atoms with Crippen LogP contribution in [0.2, 0.25) is 0 Å². The highest BCUT2D eigenvalue weighted by molar-refractivity contribution is 5.95. The number of nitrogens with zero attached hydrogens (tertiary/aromatic N) is 3. The quantitative estimate of drug-likeness (QED) is 0.358. The van der Waals surface area contributed by atoms with Crippen molar-refractivity contribution in [2.75, 3.05) is 31.9 Å². The summed E-state index contributed by atoms with van der Waals surface area (Å²) in [5.41, 5.74) is 10.7. The van der Waals surface area contributed by atoms with Gasteiger partial charge in [0.25, 0.3) is 5.91 Å². The number of nitrogens with one attached hydrogen (secondary N) is 3. The molecule has 3 aromatic rings. The first-order chi connectivity index (χ1) is 17.0. The number of carbonyl (C=O) groups is 2. The van der Waals surface area contributed by atoms with Crippen LogP contribution in [0.15, 0.2) is 61.3 Å². The molecule has 2 heterocycles. The monoisotopic (exact) mass is 471 g/mol. The van der Waals surface area contributed by atoms with E-state index >= 15 is 0 Å². The maximum absolute atomic E-state index is 12.4. The van der Waals surface area contributed by atoms with Gasteiger partial charge < -0.3 is 26.6 Å². The minimum atomic E-state index is -0.0511. The number of imidazole rings is 1. The van der Waals surface area contributed by atoms with Gasteiger partial charge in [0.1, 0.15) is 0 Å². The lowest BCUT2D eigenvalue weighted by molar-refractivity contribution is 0.0951. The Morgan fingerprint density at radius 2 is 1.94 bits per heavy atom. The summed E-state index contributed by atoms with van der Waals surface area (Å²) in [7, 11) is 0. The maximum Gasteiger partial charge on any atom is 0.317 e. The Labute approximate surface area is 204 Å². The molecule has 1 saturated carbocycles. The van der Waals surface area contributed by atoms with Crippen molar-refractivity contribution in [1.82, 2.24) is 30.4 Å². The number of anilines is 1. The van der Waals surface area contributed by atoms with Gasteiger partial charge in [0, 0.05) is 43.3 Å². The Balaban J connectivity index is 1.41. The third-order valence-electron chi connectivity index (χ3n) is 6.23. The van der Waals surface area contributed by atoms with Crippen LogP contribution in [0.25, 0.3) is 22.6 Å². The summed E-state index contributed by atoms with van der Waals surface area (Å²) < 4.78 is 1.96. The molecule has 0 radical (unpaired) electrons. The number of benzene rings is 2. The highest BCUT2D eigenvalue weighted by Crippen LogP contribution is 2.30. The largest absolute Gasteiger partial charge is 0.397 e. The molecule has 2 aliphatic rings. The zero-order valence-corrected chi connectivity index (χ0v) is 19.5. The van der Waals surface area contributed by atoms with Crippen molar-refractivity contribution < 1.29 is 9.59 Å². The van der Waals surface area contributed by atoms with Gasteiger partial charge in [-0.1, -0.05) is 30.8 Å². The van der Waals surface area contributed by atoms with E-state index in [1.54, 1.807) is 11.1 Å². The number of nitrogens with two attached hydrogens (primary N) is 1. The number of hydrogen-bond donors (Lipinski definition) is 4. The summed E-state index contributed by atoms with van der Waals surface area (Å²) >= 11 is 0. The van der Waals surface area contributed by atoms with E-state index in [4.69, 9.17) is 5.73 Å². The van der Waals surface area contributed by atoms with Crippen molar-refractivity contribution in [2.24, 2.45) is 0 Å². The molecule has 0 atom stereocenters. The molecule has 35 heavy (non-hydrogen) atoms. The van der Waals surface area contributed by atoms with Gasteiger partial charge in [-0.25, -0.2) is 9.78 Å². The molecule has 2 fully saturated rings. The fourth-order valence-corrected chi connectivity index (χ4v) is 4.14. The third kappa shape index (κ3) is 4.84. The van der Waals surface area contributed by atoms with Crippen molar-refractivity contribution in [3.8, 4) is 16.9 Å². The van der Waals surface area contributed by atoms with E-state index in [2.05, 4.69) is 27.5 Å². The predicted octanol–water partition coefficient (Wildman–Crippen LogP) is 2.60. The molecule has 5 rings (SSSR count). The molecule has 1 saturated heterocycles.